The molecule has 0 aliphatic carbocycles. The predicted molar refractivity (Wildman–Crippen MR) is 144 cm³/mol. The minimum absolute atomic E-state index is 0.0440. The Bertz CT molecular complexity index is 1350. The van der Waals surface area contributed by atoms with Crippen molar-refractivity contribution in [1.82, 2.24) is 19.8 Å². The van der Waals surface area contributed by atoms with E-state index >= 15 is 0 Å². The van der Waals surface area contributed by atoms with E-state index in [1.807, 2.05) is 74.6 Å². The number of anilines is 1. The van der Waals surface area contributed by atoms with Gasteiger partial charge in [0.25, 0.3) is 0 Å². The van der Waals surface area contributed by atoms with Gasteiger partial charge in [-0.1, -0.05) is 18.2 Å². The lowest BCUT2D eigenvalue weighted by Crippen LogP contribution is -2.33. The minimum atomic E-state index is -0.147. The summed E-state index contributed by atoms with van der Waals surface area (Å²) < 4.78 is 7.76. The van der Waals surface area contributed by atoms with Crippen LogP contribution in [0.4, 0.5) is 5.69 Å². The van der Waals surface area contributed by atoms with Crippen LogP contribution in [0.3, 0.4) is 0 Å². The van der Waals surface area contributed by atoms with Gasteiger partial charge in [0.05, 0.1) is 30.6 Å². The summed E-state index contributed by atoms with van der Waals surface area (Å²) >= 11 is 5.77. The maximum Gasteiger partial charge on any atom is 0.226 e. The topological polar surface area (TPSA) is 75.3 Å². The van der Waals surface area contributed by atoms with Crippen LogP contribution in [0.1, 0.15) is 46.8 Å². The van der Waals surface area contributed by atoms with Gasteiger partial charge in [0, 0.05) is 36.7 Å². The van der Waals surface area contributed by atoms with E-state index in [2.05, 4.69) is 31.2 Å². The normalized spacial score (nSPS) is 17.3. The molecule has 2 atom stereocenters. The third-order valence-electron chi connectivity index (χ3n) is 6.52. The molecule has 3 aromatic heterocycles. The number of rotatable bonds is 8. The molecule has 0 unspecified atom stereocenters. The number of amides is 1. The summed E-state index contributed by atoms with van der Waals surface area (Å²) in [5.74, 6) is 0.826. The van der Waals surface area contributed by atoms with Crippen molar-refractivity contribution in [2.24, 2.45) is 0 Å². The number of carbonyl (C=O) groups excluding carboxylic acids is 1. The summed E-state index contributed by atoms with van der Waals surface area (Å²) in [4.78, 5) is 19.6. The van der Waals surface area contributed by atoms with Crippen molar-refractivity contribution in [3.8, 4) is 0 Å². The molecule has 1 fully saturated rings. The van der Waals surface area contributed by atoms with E-state index in [1.165, 1.54) is 0 Å². The zero-order valence-corrected chi connectivity index (χ0v) is 21.2. The second-order valence-electron chi connectivity index (χ2n) is 9.08. The molecule has 4 heterocycles. The molecule has 4 aromatic rings. The summed E-state index contributed by atoms with van der Waals surface area (Å²) in [6, 6.07) is 19.6. The molecule has 0 spiro atoms. The van der Waals surface area contributed by atoms with Crippen molar-refractivity contribution in [3.63, 3.8) is 0 Å². The fourth-order valence-electron chi connectivity index (χ4n) is 4.68. The maximum absolute atomic E-state index is 12.9. The molecule has 7 nitrogen and oxygen atoms in total. The molecule has 1 amide bonds. The van der Waals surface area contributed by atoms with Crippen molar-refractivity contribution in [3.05, 3.63) is 108 Å². The summed E-state index contributed by atoms with van der Waals surface area (Å²) in [6.07, 6.45) is 5.82. The summed E-state index contributed by atoms with van der Waals surface area (Å²) in [5.41, 5.74) is 4.96. The van der Waals surface area contributed by atoms with Gasteiger partial charge in [-0.2, -0.15) is 0 Å². The van der Waals surface area contributed by atoms with E-state index in [-0.39, 0.29) is 18.0 Å². The van der Waals surface area contributed by atoms with Crippen LogP contribution in [0, 0.1) is 13.8 Å². The molecule has 184 valence electrons. The van der Waals surface area contributed by atoms with E-state index in [9.17, 15) is 4.79 Å². The molecular weight excluding hydrogens is 470 g/mol. The Labute approximate surface area is 216 Å². The molecular formula is C28H29N5O2S. The van der Waals surface area contributed by atoms with Crippen molar-refractivity contribution >= 4 is 28.9 Å². The van der Waals surface area contributed by atoms with Crippen molar-refractivity contribution in [1.29, 1.82) is 0 Å². The molecule has 1 saturated heterocycles. The van der Waals surface area contributed by atoms with Crippen molar-refractivity contribution in [2.45, 2.75) is 38.9 Å². The van der Waals surface area contributed by atoms with E-state index < -0.39 is 0 Å². The highest BCUT2D eigenvalue weighted by Crippen LogP contribution is 2.39. The Balaban J connectivity index is 1.39. The second kappa shape index (κ2) is 10.4. The molecule has 1 aliphatic rings. The fourth-order valence-corrected chi connectivity index (χ4v) is 5.02. The molecule has 36 heavy (non-hydrogen) atoms. The maximum atomic E-state index is 12.9. The Morgan fingerprint density at radius 2 is 2.03 bits per heavy atom. The first kappa shape index (κ1) is 23.8. The standard InChI is InChI=1S/C28H29N5O2S/c1-19-10-11-20(2)23(17-19)30-25(34)12-15-33-27(26(31-28(33)36)22-8-3-4-13-29-22)24-9-5-14-32(24)18-21-7-6-16-35-21/h3-11,13-14,16-17,26-27H,12,15,18H2,1-2H3,(H,30,34)(H,31,36)/t26-,27+/m0/s1. The van der Waals surface area contributed by atoms with Crippen LogP contribution in [0.5, 0.6) is 0 Å². The molecule has 0 radical (unpaired) electrons. The Hall–Kier alpha value is -3.91. The van der Waals surface area contributed by atoms with Gasteiger partial charge in [0.15, 0.2) is 5.11 Å². The van der Waals surface area contributed by atoms with Crippen molar-refractivity contribution < 1.29 is 9.21 Å². The number of aromatic nitrogens is 2. The number of hydrogen-bond acceptors (Lipinski definition) is 4. The lowest BCUT2D eigenvalue weighted by Gasteiger charge is -2.28. The number of nitrogens with one attached hydrogen (secondary N) is 2. The zero-order valence-electron chi connectivity index (χ0n) is 20.3. The lowest BCUT2D eigenvalue weighted by atomic mass is 10.0. The van der Waals surface area contributed by atoms with Crippen LogP contribution in [-0.4, -0.2) is 32.0 Å². The summed E-state index contributed by atoms with van der Waals surface area (Å²) in [6.45, 7) is 5.09. The van der Waals surface area contributed by atoms with Crippen LogP contribution in [0.25, 0.3) is 0 Å². The lowest BCUT2D eigenvalue weighted by molar-refractivity contribution is -0.116. The molecule has 2 N–H and O–H groups in total. The minimum Gasteiger partial charge on any atom is -0.467 e. The quantitative estimate of drug-likeness (QED) is 0.327. The third-order valence-corrected chi connectivity index (χ3v) is 6.87. The van der Waals surface area contributed by atoms with E-state index in [1.54, 1.807) is 12.5 Å². The SMILES string of the molecule is Cc1ccc(C)c(NC(=O)CCN2C(=S)N[C@@H](c3ccccn3)[C@H]2c2cccn2Cc2ccco2)c1. The summed E-state index contributed by atoms with van der Waals surface area (Å²) in [5, 5.41) is 7.14. The van der Waals surface area contributed by atoms with Gasteiger partial charge in [-0.15, -0.1) is 0 Å². The number of pyridine rings is 1. The Morgan fingerprint density at radius 1 is 1.14 bits per heavy atom. The van der Waals surface area contributed by atoms with E-state index in [0.29, 0.717) is 24.6 Å². The van der Waals surface area contributed by atoms with E-state index in [0.717, 1.165) is 34.0 Å². The first-order valence-corrected chi connectivity index (χ1v) is 12.4. The number of thiocarbonyl (C=S) groups is 1. The molecule has 0 saturated carbocycles. The second-order valence-corrected chi connectivity index (χ2v) is 9.46. The third kappa shape index (κ3) is 5.04. The molecule has 8 heteroatoms. The molecule has 5 rings (SSSR count). The van der Waals surface area contributed by atoms with Gasteiger partial charge in [-0.25, -0.2) is 0 Å². The van der Waals surface area contributed by atoms with Gasteiger partial charge >= 0.3 is 0 Å². The number of furan rings is 1. The van der Waals surface area contributed by atoms with Crippen LogP contribution in [0.15, 0.2) is 83.7 Å². The molecule has 0 bridgehead atoms. The average Bonchev–Trinajstić information content (AvgIpc) is 3.62. The number of nitrogens with zero attached hydrogens (tertiary/aromatic N) is 3. The number of aryl methyl sites for hydroxylation is 2. The number of benzene rings is 1. The summed E-state index contributed by atoms with van der Waals surface area (Å²) in [7, 11) is 0. The predicted octanol–water partition coefficient (Wildman–Crippen LogP) is 5.14. The van der Waals surface area contributed by atoms with Gasteiger partial charge in [-0.3, -0.25) is 9.78 Å². The first-order chi connectivity index (χ1) is 17.5. The highest BCUT2D eigenvalue weighted by Gasteiger charge is 2.41. The smallest absolute Gasteiger partial charge is 0.226 e. The van der Waals surface area contributed by atoms with E-state index in [4.69, 9.17) is 16.6 Å². The van der Waals surface area contributed by atoms with Crippen LogP contribution >= 0.6 is 12.2 Å². The van der Waals surface area contributed by atoms with Gasteiger partial charge in [0.1, 0.15) is 5.76 Å². The number of hydrogen-bond donors (Lipinski definition) is 2. The largest absolute Gasteiger partial charge is 0.467 e. The fraction of sp³-hybridized carbons (Fsp3) is 0.250. The van der Waals surface area contributed by atoms with Crippen LogP contribution in [0.2, 0.25) is 0 Å². The average molecular weight is 500 g/mol. The van der Waals surface area contributed by atoms with Crippen LogP contribution in [-0.2, 0) is 11.3 Å². The Kier molecular flexibility index (Phi) is 6.86. The molecule has 1 aliphatic heterocycles. The van der Waals surface area contributed by atoms with Gasteiger partial charge in [-0.05, 0) is 79.7 Å². The first-order valence-electron chi connectivity index (χ1n) is 12.0. The Morgan fingerprint density at radius 3 is 2.81 bits per heavy atom. The highest BCUT2D eigenvalue weighted by molar-refractivity contribution is 7.80. The van der Waals surface area contributed by atoms with Crippen LogP contribution < -0.4 is 10.6 Å². The number of carbonyl (C=O) groups is 1. The van der Waals surface area contributed by atoms with Gasteiger partial charge in [0.2, 0.25) is 5.91 Å². The van der Waals surface area contributed by atoms with Gasteiger partial charge < -0.3 is 24.5 Å². The monoisotopic (exact) mass is 499 g/mol. The highest BCUT2D eigenvalue weighted by atomic mass is 32.1. The van der Waals surface area contributed by atoms with Crippen molar-refractivity contribution in [2.75, 3.05) is 11.9 Å². The molecule has 1 aromatic carbocycles. The zero-order chi connectivity index (χ0) is 25.1.